The number of ether oxygens (including phenoxy) is 1. The van der Waals surface area contributed by atoms with Gasteiger partial charge in [0.05, 0.1) is 0 Å². The van der Waals surface area contributed by atoms with E-state index >= 15 is 0 Å². The Hall–Kier alpha value is 0.270. The van der Waals surface area contributed by atoms with Gasteiger partial charge in [-0.3, -0.25) is 0 Å². The van der Waals surface area contributed by atoms with E-state index in [0.717, 1.165) is 25.4 Å². The number of hydrogen-bond acceptors (Lipinski definition) is 3. The van der Waals surface area contributed by atoms with E-state index in [1.54, 1.807) is 11.8 Å². The number of aliphatic hydroxyl groups is 1. The van der Waals surface area contributed by atoms with Gasteiger partial charge in [0.25, 0.3) is 0 Å². The van der Waals surface area contributed by atoms with Crippen LogP contribution in [0.1, 0.15) is 6.42 Å². The Morgan fingerprint density at radius 2 is 2.55 bits per heavy atom. The highest BCUT2D eigenvalue weighted by Gasteiger charge is 2.24. The van der Waals surface area contributed by atoms with Crippen LogP contribution in [0.4, 0.5) is 0 Å². The zero-order valence-corrected chi connectivity index (χ0v) is 7.77. The monoisotopic (exact) mass is 176 g/mol. The molecule has 2 atom stereocenters. The summed E-state index contributed by atoms with van der Waals surface area (Å²) in [7, 11) is 0. The SMILES string of the molecule is CSCC(CO)C1CCOC1. The normalized spacial score (nSPS) is 27.3. The van der Waals surface area contributed by atoms with E-state index in [4.69, 9.17) is 9.84 Å². The van der Waals surface area contributed by atoms with Crippen LogP contribution < -0.4 is 0 Å². The summed E-state index contributed by atoms with van der Waals surface area (Å²) in [5.74, 6) is 2.12. The quantitative estimate of drug-likeness (QED) is 0.693. The largest absolute Gasteiger partial charge is 0.396 e. The van der Waals surface area contributed by atoms with Crippen molar-refractivity contribution in [3.63, 3.8) is 0 Å². The average molecular weight is 176 g/mol. The van der Waals surface area contributed by atoms with Gasteiger partial charge in [-0.2, -0.15) is 11.8 Å². The Morgan fingerprint density at radius 3 is 3.00 bits per heavy atom. The van der Waals surface area contributed by atoms with Crippen molar-refractivity contribution < 1.29 is 9.84 Å². The molecule has 1 rings (SSSR count). The molecule has 2 unspecified atom stereocenters. The van der Waals surface area contributed by atoms with E-state index in [2.05, 4.69) is 6.26 Å². The Labute approximate surface area is 72.3 Å². The van der Waals surface area contributed by atoms with E-state index in [-0.39, 0.29) is 0 Å². The van der Waals surface area contributed by atoms with Gasteiger partial charge >= 0.3 is 0 Å². The molecular formula is C8H16O2S. The predicted octanol–water partition coefficient (Wildman–Crippen LogP) is 0.994. The molecular weight excluding hydrogens is 160 g/mol. The lowest BCUT2D eigenvalue weighted by Crippen LogP contribution is -2.21. The van der Waals surface area contributed by atoms with Crippen molar-refractivity contribution in [1.82, 2.24) is 0 Å². The standard InChI is InChI=1S/C8H16O2S/c1-11-6-8(4-9)7-2-3-10-5-7/h7-9H,2-6H2,1H3. The highest BCUT2D eigenvalue weighted by Crippen LogP contribution is 2.23. The molecule has 1 aliphatic heterocycles. The molecule has 66 valence electrons. The van der Waals surface area contributed by atoms with E-state index in [1.165, 1.54) is 0 Å². The van der Waals surface area contributed by atoms with Crippen LogP contribution in [0.15, 0.2) is 0 Å². The molecule has 11 heavy (non-hydrogen) atoms. The summed E-state index contributed by atoms with van der Waals surface area (Å²) in [6.07, 6.45) is 3.21. The van der Waals surface area contributed by atoms with Gasteiger partial charge in [0.2, 0.25) is 0 Å². The van der Waals surface area contributed by atoms with Crippen molar-refractivity contribution in [3.05, 3.63) is 0 Å². The zero-order chi connectivity index (χ0) is 8.10. The maximum absolute atomic E-state index is 9.05. The van der Waals surface area contributed by atoms with E-state index in [9.17, 15) is 0 Å². The van der Waals surface area contributed by atoms with Crippen LogP contribution in [0.2, 0.25) is 0 Å². The third-order valence-electron chi connectivity index (χ3n) is 2.25. The topological polar surface area (TPSA) is 29.5 Å². The number of hydrogen-bond donors (Lipinski definition) is 1. The third kappa shape index (κ3) is 2.65. The first-order valence-corrected chi connectivity index (χ1v) is 5.45. The van der Waals surface area contributed by atoms with Gasteiger partial charge in [-0.15, -0.1) is 0 Å². The Kier molecular flexibility index (Phi) is 4.26. The van der Waals surface area contributed by atoms with Crippen LogP contribution >= 0.6 is 11.8 Å². The summed E-state index contributed by atoms with van der Waals surface area (Å²) >= 11 is 1.81. The van der Waals surface area contributed by atoms with Crippen LogP contribution in [-0.2, 0) is 4.74 Å². The van der Waals surface area contributed by atoms with Crippen molar-refractivity contribution in [2.24, 2.45) is 11.8 Å². The second-order valence-corrected chi connectivity index (χ2v) is 3.93. The Balaban J connectivity index is 2.27. The van der Waals surface area contributed by atoms with Gasteiger partial charge in [-0.25, -0.2) is 0 Å². The molecule has 2 nitrogen and oxygen atoms in total. The van der Waals surface area contributed by atoms with Crippen LogP contribution in [0.3, 0.4) is 0 Å². The molecule has 0 aromatic rings. The molecule has 1 fully saturated rings. The van der Waals surface area contributed by atoms with Crippen LogP contribution in [0, 0.1) is 11.8 Å². The summed E-state index contributed by atoms with van der Waals surface area (Å²) < 4.78 is 5.27. The van der Waals surface area contributed by atoms with Crippen molar-refractivity contribution in [2.45, 2.75) is 6.42 Å². The van der Waals surface area contributed by atoms with Gasteiger partial charge in [-0.05, 0) is 30.3 Å². The fourth-order valence-electron chi connectivity index (χ4n) is 1.48. The molecule has 0 spiro atoms. The zero-order valence-electron chi connectivity index (χ0n) is 6.95. The van der Waals surface area contributed by atoms with Crippen LogP contribution in [0.25, 0.3) is 0 Å². The molecule has 3 heteroatoms. The summed E-state index contributed by atoms with van der Waals surface area (Å²) in [6.45, 7) is 2.05. The summed E-state index contributed by atoms with van der Waals surface area (Å²) in [5.41, 5.74) is 0. The maximum atomic E-state index is 9.05. The van der Waals surface area contributed by atoms with Crippen molar-refractivity contribution >= 4 is 11.8 Å². The molecule has 0 aromatic heterocycles. The van der Waals surface area contributed by atoms with E-state index in [1.807, 2.05) is 0 Å². The van der Waals surface area contributed by atoms with Gasteiger partial charge in [0.1, 0.15) is 0 Å². The predicted molar refractivity (Wildman–Crippen MR) is 47.9 cm³/mol. The number of thioether (sulfide) groups is 1. The summed E-state index contributed by atoms with van der Waals surface area (Å²) in [6, 6.07) is 0. The first-order valence-electron chi connectivity index (χ1n) is 4.06. The second-order valence-electron chi connectivity index (χ2n) is 3.02. The van der Waals surface area contributed by atoms with Crippen molar-refractivity contribution in [3.8, 4) is 0 Å². The number of rotatable bonds is 4. The molecule has 0 aliphatic carbocycles. The lowest BCUT2D eigenvalue weighted by molar-refractivity contribution is 0.149. The van der Waals surface area contributed by atoms with Gasteiger partial charge in [0.15, 0.2) is 0 Å². The Morgan fingerprint density at radius 1 is 1.73 bits per heavy atom. The Bertz CT molecular complexity index is 102. The molecule has 0 bridgehead atoms. The lowest BCUT2D eigenvalue weighted by Gasteiger charge is -2.18. The molecule has 0 amide bonds. The van der Waals surface area contributed by atoms with E-state index in [0.29, 0.717) is 18.4 Å². The molecule has 1 N–H and O–H groups in total. The van der Waals surface area contributed by atoms with Gasteiger partial charge in [0, 0.05) is 19.8 Å². The maximum Gasteiger partial charge on any atom is 0.0498 e. The van der Waals surface area contributed by atoms with Crippen LogP contribution in [0.5, 0.6) is 0 Å². The third-order valence-corrected chi connectivity index (χ3v) is 3.01. The smallest absolute Gasteiger partial charge is 0.0498 e. The number of aliphatic hydroxyl groups excluding tert-OH is 1. The van der Waals surface area contributed by atoms with Crippen molar-refractivity contribution in [2.75, 3.05) is 31.8 Å². The molecule has 0 saturated carbocycles. The minimum Gasteiger partial charge on any atom is -0.396 e. The van der Waals surface area contributed by atoms with Gasteiger partial charge in [-0.1, -0.05) is 0 Å². The van der Waals surface area contributed by atoms with Crippen molar-refractivity contribution in [1.29, 1.82) is 0 Å². The first-order chi connectivity index (χ1) is 5.38. The van der Waals surface area contributed by atoms with Gasteiger partial charge < -0.3 is 9.84 Å². The minimum absolute atomic E-state index is 0.314. The minimum atomic E-state index is 0.314. The van der Waals surface area contributed by atoms with Crippen LogP contribution in [-0.4, -0.2) is 36.9 Å². The fourth-order valence-corrected chi connectivity index (χ4v) is 2.28. The molecule has 0 radical (unpaired) electrons. The fraction of sp³-hybridized carbons (Fsp3) is 1.00. The average Bonchev–Trinajstić information content (AvgIpc) is 2.52. The summed E-state index contributed by atoms with van der Waals surface area (Å²) in [4.78, 5) is 0. The highest BCUT2D eigenvalue weighted by atomic mass is 32.2. The summed E-state index contributed by atoms with van der Waals surface area (Å²) in [5, 5.41) is 9.05. The second kappa shape index (κ2) is 5.01. The van der Waals surface area contributed by atoms with E-state index < -0.39 is 0 Å². The lowest BCUT2D eigenvalue weighted by atomic mass is 9.94. The highest BCUT2D eigenvalue weighted by molar-refractivity contribution is 7.98. The molecule has 1 saturated heterocycles. The molecule has 1 heterocycles. The first kappa shape index (κ1) is 9.36. The molecule has 0 aromatic carbocycles. The molecule has 1 aliphatic rings.